The average Bonchev–Trinajstić information content (AvgIpc) is 2.98. The number of nitrogens with zero attached hydrogens (tertiary/aromatic N) is 3. The van der Waals surface area contributed by atoms with E-state index in [0.29, 0.717) is 36.9 Å². The quantitative estimate of drug-likeness (QED) is 0.647. The number of aromatic nitrogens is 3. The molecule has 0 spiro atoms. The van der Waals surface area contributed by atoms with Crippen molar-refractivity contribution in [2.45, 2.75) is 36.2 Å². The first kappa shape index (κ1) is 20.5. The summed E-state index contributed by atoms with van der Waals surface area (Å²) in [6.45, 7) is 7.02. The second-order valence-corrected chi connectivity index (χ2v) is 9.63. The number of halogens is 2. The molecule has 1 aromatic carbocycles. The fourth-order valence-corrected chi connectivity index (χ4v) is 5.21. The summed E-state index contributed by atoms with van der Waals surface area (Å²) >= 11 is 0. The fraction of sp³-hybridized carbons (Fsp3) is 0.368. The molecule has 1 fully saturated rings. The highest BCUT2D eigenvalue weighted by molar-refractivity contribution is 7.92. The largest absolute Gasteiger partial charge is 0.384 e. The summed E-state index contributed by atoms with van der Waals surface area (Å²) < 4.78 is 60.1. The molecule has 0 radical (unpaired) electrons. The number of anilines is 2. The molecule has 3 N–H and O–H groups in total. The predicted molar refractivity (Wildman–Crippen MR) is 107 cm³/mol. The summed E-state index contributed by atoms with van der Waals surface area (Å²) in [5, 5.41) is 0. The molecular weight excluding hydrogens is 416 g/mol. The number of nitrogen functional groups attached to an aromatic ring is 1. The van der Waals surface area contributed by atoms with Crippen molar-refractivity contribution < 1.29 is 21.9 Å². The predicted octanol–water partition coefficient (Wildman–Crippen LogP) is 2.57. The molecule has 1 saturated heterocycles. The fourth-order valence-electron chi connectivity index (χ4n) is 3.66. The minimum atomic E-state index is -4.50. The summed E-state index contributed by atoms with van der Waals surface area (Å²) in [5.74, 6) is -2.16. The number of H-pyrrole nitrogens is 1. The lowest BCUT2D eigenvalue weighted by molar-refractivity contribution is -0.0278. The maximum Gasteiger partial charge on any atom is 0.215 e. The molecule has 1 aliphatic rings. The maximum absolute atomic E-state index is 14.3. The first-order valence-corrected chi connectivity index (χ1v) is 10.7. The number of benzene rings is 1. The Balaban J connectivity index is 1.94. The molecule has 4 rings (SSSR count). The van der Waals surface area contributed by atoms with Gasteiger partial charge < -0.3 is 20.4 Å². The van der Waals surface area contributed by atoms with E-state index in [0.717, 1.165) is 18.2 Å². The molecule has 3 aromatic rings. The van der Waals surface area contributed by atoms with Gasteiger partial charge in [0.05, 0.1) is 12.2 Å². The van der Waals surface area contributed by atoms with Gasteiger partial charge in [-0.1, -0.05) is 6.07 Å². The molecular formula is C19H21F2N5O3S. The van der Waals surface area contributed by atoms with E-state index in [1.165, 1.54) is 0 Å². The molecule has 1 aliphatic heterocycles. The first-order chi connectivity index (χ1) is 14.0. The Morgan fingerprint density at radius 2 is 2.00 bits per heavy atom. The van der Waals surface area contributed by atoms with Crippen LogP contribution in [0.4, 0.5) is 20.4 Å². The number of fused-ring (bicyclic) bond motifs is 1. The number of ether oxygens (including phenoxy) is 1. The molecule has 0 atom stereocenters. The third-order valence-corrected chi connectivity index (χ3v) is 6.77. The van der Waals surface area contributed by atoms with Crippen LogP contribution in [0.5, 0.6) is 0 Å². The molecule has 8 nitrogen and oxygen atoms in total. The van der Waals surface area contributed by atoms with Crippen molar-refractivity contribution in [3.63, 3.8) is 0 Å². The first-order valence-electron chi connectivity index (χ1n) is 9.25. The molecule has 0 bridgehead atoms. The highest BCUT2D eigenvalue weighted by Crippen LogP contribution is 2.37. The molecule has 3 heterocycles. The minimum Gasteiger partial charge on any atom is -0.384 e. The Hall–Kier alpha value is -2.79. The molecule has 2 aromatic heterocycles. The number of aryl methyl sites for hydroxylation is 1. The second-order valence-electron chi connectivity index (χ2n) is 7.77. The third kappa shape index (κ3) is 3.27. The van der Waals surface area contributed by atoms with Gasteiger partial charge in [0.1, 0.15) is 32.5 Å². The molecule has 0 amide bonds. The average molecular weight is 437 g/mol. The van der Waals surface area contributed by atoms with Crippen molar-refractivity contribution in [3.05, 3.63) is 35.7 Å². The van der Waals surface area contributed by atoms with Gasteiger partial charge in [-0.25, -0.2) is 27.2 Å². The van der Waals surface area contributed by atoms with Crippen molar-refractivity contribution in [2.75, 3.05) is 30.3 Å². The van der Waals surface area contributed by atoms with Gasteiger partial charge in [-0.2, -0.15) is 0 Å². The van der Waals surface area contributed by atoms with Crippen LogP contribution in [0, 0.1) is 18.6 Å². The Morgan fingerprint density at radius 3 is 2.70 bits per heavy atom. The summed E-state index contributed by atoms with van der Waals surface area (Å²) in [5.41, 5.74) is 5.92. The van der Waals surface area contributed by atoms with Crippen LogP contribution in [0.1, 0.15) is 19.7 Å². The molecule has 160 valence electrons. The smallest absolute Gasteiger partial charge is 0.215 e. The molecule has 11 heteroatoms. The normalized spacial score (nSPS) is 16.9. The SMILES string of the molecule is Cc1nc(N2CCOC(C)(C)C2)c2[nH]c(N)c(S(=O)(=O)c3cccc(F)c3F)c2n1. The summed E-state index contributed by atoms with van der Waals surface area (Å²) in [6.07, 6.45) is 0. The number of hydrogen-bond donors (Lipinski definition) is 2. The molecule has 0 saturated carbocycles. The Labute approximate surface area is 172 Å². The van der Waals surface area contributed by atoms with Gasteiger partial charge in [-0.15, -0.1) is 0 Å². The van der Waals surface area contributed by atoms with Gasteiger partial charge >= 0.3 is 0 Å². The lowest BCUT2D eigenvalue weighted by Crippen LogP contribution is -2.48. The van der Waals surface area contributed by atoms with Crippen LogP contribution in [0.2, 0.25) is 0 Å². The van der Waals surface area contributed by atoms with Gasteiger partial charge in [0.2, 0.25) is 9.84 Å². The van der Waals surface area contributed by atoms with E-state index >= 15 is 0 Å². The van der Waals surface area contributed by atoms with E-state index in [1.807, 2.05) is 18.7 Å². The molecule has 30 heavy (non-hydrogen) atoms. The van der Waals surface area contributed by atoms with Crippen LogP contribution in [0.25, 0.3) is 11.0 Å². The van der Waals surface area contributed by atoms with E-state index in [2.05, 4.69) is 15.0 Å². The number of morpholine rings is 1. The van der Waals surface area contributed by atoms with Crippen molar-refractivity contribution in [1.82, 2.24) is 15.0 Å². The van der Waals surface area contributed by atoms with Crippen molar-refractivity contribution in [1.29, 1.82) is 0 Å². The van der Waals surface area contributed by atoms with Gasteiger partial charge in [0, 0.05) is 13.1 Å². The van der Waals surface area contributed by atoms with Gasteiger partial charge in [-0.3, -0.25) is 0 Å². The Bertz CT molecular complexity index is 1260. The van der Waals surface area contributed by atoms with E-state index in [9.17, 15) is 17.2 Å². The number of nitrogens with two attached hydrogens (primary N) is 1. The van der Waals surface area contributed by atoms with E-state index in [1.54, 1.807) is 6.92 Å². The number of hydrogen-bond acceptors (Lipinski definition) is 7. The lowest BCUT2D eigenvalue weighted by Gasteiger charge is -2.38. The van der Waals surface area contributed by atoms with E-state index < -0.39 is 36.9 Å². The number of rotatable bonds is 3. The summed E-state index contributed by atoms with van der Waals surface area (Å²) in [6, 6.07) is 2.96. The third-order valence-electron chi connectivity index (χ3n) is 4.92. The monoisotopic (exact) mass is 437 g/mol. The van der Waals surface area contributed by atoms with Gasteiger partial charge in [0.15, 0.2) is 17.5 Å². The Kier molecular flexibility index (Phi) is 4.70. The highest BCUT2D eigenvalue weighted by Gasteiger charge is 2.34. The van der Waals surface area contributed by atoms with Crippen LogP contribution >= 0.6 is 0 Å². The zero-order chi connectivity index (χ0) is 21.8. The van der Waals surface area contributed by atoms with Crippen LogP contribution < -0.4 is 10.6 Å². The number of aromatic amines is 1. The number of nitrogens with one attached hydrogen (secondary N) is 1. The van der Waals surface area contributed by atoms with E-state index in [-0.39, 0.29) is 11.3 Å². The van der Waals surface area contributed by atoms with Crippen molar-refractivity contribution >= 4 is 32.5 Å². The van der Waals surface area contributed by atoms with Crippen LogP contribution in [0.3, 0.4) is 0 Å². The van der Waals surface area contributed by atoms with Gasteiger partial charge in [0.25, 0.3) is 0 Å². The van der Waals surface area contributed by atoms with Crippen molar-refractivity contribution in [3.8, 4) is 0 Å². The highest BCUT2D eigenvalue weighted by atomic mass is 32.2. The second kappa shape index (κ2) is 6.88. The lowest BCUT2D eigenvalue weighted by atomic mass is 10.1. The van der Waals surface area contributed by atoms with Crippen LogP contribution in [-0.4, -0.2) is 48.7 Å². The Morgan fingerprint density at radius 1 is 1.27 bits per heavy atom. The summed E-state index contributed by atoms with van der Waals surface area (Å²) in [7, 11) is -4.50. The van der Waals surface area contributed by atoms with Crippen molar-refractivity contribution in [2.24, 2.45) is 0 Å². The molecule has 0 aliphatic carbocycles. The molecule has 0 unspecified atom stereocenters. The van der Waals surface area contributed by atoms with Crippen LogP contribution in [-0.2, 0) is 14.6 Å². The topological polar surface area (TPSA) is 114 Å². The standard InChI is InChI=1S/C19H21F2N5O3S/c1-10-23-14-15(18(24-10)26-7-8-29-19(2,3)9-26)25-17(22)16(14)30(27,28)12-6-4-5-11(20)13(12)21/h4-6,25H,7-9,22H2,1-3H3. The zero-order valence-electron chi connectivity index (χ0n) is 16.7. The maximum atomic E-state index is 14.3. The van der Waals surface area contributed by atoms with Crippen LogP contribution in [0.15, 0.2) is 28.0 Å². The van der Waals surface area contributed by atoms with Gasteiger partial charge in [-0.05, 0) is 32.9 Å². The van der Waals surface area contributed by atoms with E-state index in [4.69, 9.17) is 10.5 Å². The minimum absolute atomic E-state index is 0.0305. The number of sulfone groups is 1. The zero-order valence-corrected chi connectivity index (χ0v) is 17.5. The summed E-state index contributed by atoms with van der Waals surface area (Å²) in [4.78, 5) is 12.3.